The van der Waals surface area contributed by atoms with Gasteiger partial charge in [0.2, 0.25) is 0 Å². The summed E-state index contributed by atoms with van der Waals surface area (Å²) in [7, 11) is 0. The van der Waals surface area contributed by atoms with Gasteiger partial charge in [0.1, 0.15) is 0 Å². The van der Waals surface area contributed by atoms with Crippen molar-refractivity contribution in [2.75, 3.05) is 0 Å². The van der Waals surface area contributed by atoms with E-state index >= 15 is 0 Å². The summed E-state index contributed by atoms with van der Waals surface area (Å²) in [6.45, 7) is 6.51. The number of primary amides is 1. The van der Waals surface area contributed by atoms with E-state index in [-0.39, 0.29) is 5.69 Å². The lowest BCUT2D eigenvalue weighted by atomic mass is 10.1. The zero-order valence-corrected chi connectivity index (χ0v) is 11.3. The Labute approximate surface area is 107 Å². The third-order valence-electron chi connectivity index (χ3n) is 2.79. The number of aliphatic hydroxyl groups is 1. The second kappa shape index (κ2) is 6.49. The standard InChI is InChI=1S/C12H22N4O2/c1-8(2)4-5-10-11(12(13)18)14-15-16(10)7-6-9(3)17/h8-9,17H,4-7H2,1-3H3,(H2,13,18). The highest BCUT2D eigenvalue weighted by molar-refractivity contribution is 5.91. The molecule has 6 heteroatoms. The van der Waals surface area contributed by atoms with Gasteiger partial charge >= 0.3 is 0 Å². The molecule has 1 unspecified atom stereocenters. The molecule has 1 atom stereocenters. The first-order chi connectivity index (χ1) is 8.41. The predicted molar refractivity (Wildman–Crippen MR) is 68.0 cm³/mol. The molecule has 0 aliphatic heterocycles. The average molecular weight is 254 g/mol. The smallest absolute Gasteiger partial charge is 0.271 e. The minimum absolute atomic E-state index is 0.251. The number of nitrogens with zero attached hydrogens (tertiary/aromatic N) is 3. The molecule has 6 nitrogen and oxygen atoms in total. The highest BCUT2D eigenvalue weighted by Gasteiger charge is 2.17. The van der Waals surface area contributed by atoms with Gasteiger partial charge in [-0.1, -0.05) is 19.1 Å². The Hall–Kier alpha value is -1.43. The summed E-state index contributed by atoms with van der Waals surface area (Å²) >= 11 is 0. The van der Waals surface area contributed by atoms with E-state index < -0.39 is 12.0 Å². The maximum atomic E-state index is 11.3. The monoisotopic (exact) mass is 254 g/mol. The van der Waals surface area contributed by atoms with Gasteiger partial charge in [0.15, 0.2) is 5.69 Å². The lowest BCUT2D eigenvalue weighted by Crippen LogP contribution is -2.17. The van der Waals surface area contributed by atoms with Crippen molar-refractivity contribution in [2.24, 2.45) is 11.7 Å². The molecule has 3 N–H and O–H groups in total. The number of carbonyl (C=O) groups excluding carboxylic acids is 1. The second-order valence-corrected chi connectivity index (χ2v) is 5.04. The Morgan fingerprint density at radius 1 is 1.39 bits per heavy atom. The number of aryl methyl sites for hydroxylation is 1. The predicted octanol–water partition coefficient (Wildman–Crippen LogP) is 0.736. The zero-order valence-electron chi connectivity index (χ0n) is 11.3. The molecule has 0 radical (unpaired) electrons. The molecule has 1 amide bonds. The van der Waals surface area contributed by atoms with Crippen molar-refractivity contribution in [3.05, 3.63) is 11.4 Å². The summed E-state index contributed by atoms with van der Waals surface area (Å²) in [5.74, 6) is -0.0112. The van der Waals surface area contributed by atoms with Crippen LogP contribution in [0.15, 0.2) is 0 Å². The van der Waals surface area contributed by atoms with Gasteiger partial charge in [0.05, 0.1) is 11.8 Å². The number of hydrogen-bond donors (Lipinski definition) is 2. The first kappa shape index (κ1) is 14.6. The lowest BCUT2D eigenvalue weighted by Gasteiger charge is -2.09. The topological polar surface area (TPSA) is 94.0 Å². The number of rotatable bonds is 7. The maximum Gasteiger partial charge on any atom is 0.271 e. The van der Waals surface area contributed by atoms with Crippen LogP contribution >= 0.6 is 0 Å². The number of amides is 1. The van der Waals surface area contributed by atoms with Crippen LogP contribution in [0.5, 0.6) is 0 Å². The van der Waals surface area contributed by atoms with E-state index in [2.05, 4.69) is 24.2 Å². The van der Waals surface area contributed by atoms with Crippen LogP contribution in [-0.4, -0.2) is 32.1 Å². The van der Waals surface area contributed by atoms with Crippen molar-refractivity contribution >= 4 is 5.91 Å². The first-order valence-corrected chi connectivity index (χ1v) is 6.32. The Morgan fingerprint density at radius 3 is 2.56 bits per heavy atom. The SMILES string of the molecule is CC(C)CCc1c(C(N)=O)nnn1CCC(C)O. The molecule has 0 aliphatic rings. The van der Waals surface area contributed by atoms with Gasteiger partial charge in [-0.3, -0.25) is 4.79 Å². The first-order valence-electron chi connectivity index (χ1n) is 6.32. The van der Waals surface area contributed by atoms with Crippen molar-refractivity contribution in [1.82, 2.24) is 15.0 Å². The molecule has 102 valence electrons. The summed E-state index contributed by atoms with van der Waals surface area (Å²) in [4.78, 5) is 11.3. The minimum atomic E-state index is -0.544. The van der Waals surface area contributed by atoms with Crippen LogP contribution in [0.2, 0.25) is 0 Å². The van der Waals surface area contributed by atoms with Gasteiger partial charge in [-0.15, -0.1) is 5.10 Å². The van der Waals surface area contributed by atoms with E-state index in [1.807, 2.05) is 0 Å². The number of aromatic nitrogens is 3. The van der Waals surface area contributed by atoms with E-state index in [9.17, 15) is 9.90 Å². The van der Waals surface area contributed by atoms with Crippen LogP contribution in [-0.2, 0) is 13.0 Å². The fraction of sp³-hybridized carbons (Fsp3) is 0.750. The van der Waals surface area contributed by atoms with E-state index in [4.69, 9.17) is 5.73 Å². The lowest BCUT2D eigenvalue weighted by molar-refractivity contribution is 0.0994. The Kier molecular flexibility index (Phi) is 5.27. The van der Waals surface area contributed by atoms with E-state index in [1.165, 1.54) is 0 Å². The summed E-state index contributed by atoms with van der Waals surface area (Å²) in [6.07, 6.45) is 1.85. The molecule has 0 saturated carbocycles. The van der Waals surface area contributed by atoms with Crippen molar-refractivity contribution in [2.45, 2.75) is 52.7 Å². The molecular weight excluding hydrogens is 232 g/mol. The summed E-state index contributed by atoms with van der Waals surface area (Å²) in [5.41, 5.74) is 6.31. The molecule has 0 aromatic carbocycles. The van der Waals surface area contributed by atoms with Gasteiger partial charge in [-0.2, -0.15) is 0 Å². The normalized spacial score (nSPS) is 12.9. The Bertz CT molecular complexity index is 399. The van der Waals surface area contributed by atoms with Crippen molar-refractivity contribution in [3.63, 3.8) is 0 Å². The molecule has 0 bridgehead atoms. The van der Waals surface area contributed by atoms with Gasteiger partial charge < -0.3 is 10.8 Å². The highest BCUT2D eigenvalue weighted by Crippen LogP contribution is 2.13. The van der Waals surface area contributed by atoms with E-state index in [0.717, 1.165) is 18.5 Å². The maximum absolute atomic E-state index is 11.3. The molecule has 0 fully saturated rings. The van der Waals surface area contributed by atoms with Crippen molar-refractivity contribution in [1.29, 1.82) is 0 Å². The van der Waals surface area contributed by atoms with Crippen LogP contribution < -0.4 is 5.73 Å². The van der Waals surface area contributed by atoms with Gasteiger partial charge in [-0.05, 0) is 32.1 Å². The Balaban J connectivity index is 2.85. The molecule has 18 heavy (non-hydrogen) atoms. The summed E-state index contributed by atoms with van der Waals surface area (Å²) < 4.78 is 1.68. The quantitative estimate of drug-likeness (QED) is 0.750. The fourth-order valence-corrected chi connectivity index (χ4v) is 1.69. The molecule has 1 aromatic rings. The minimum Gasteiger partial charge on any atom is -0.393 e. The van der Waals surface area contributed by atoms with Gasteiger partial charge in [-0.25, -0.2) is 4.68 Å². The van der Waals surface area contributed by atoms with Crippen LogP contribution in [0.4, 0.5) is 0 Å². The number of aliphatic hydroxyl groups excluding tert-OH is 1. The molecule has 1 aromatic heterocycles. The Morgan fingerprint density at radius 2 is 2.06 bits per heavy atom. The zero-order chi connectivity index (χ0) is 13.7. The van der Waals surface area contributed by atoms with Crippen molar-refractivity contribution < 1.29 is 9.90 Å². The third kappa shape index (κ3) is 4.10. The molecular formula is C12H22N4O2. The van der Waals surface area contributed by atoms with Gasteiger partial charge in [0, 0.05) is 6.54 Å². The van der Waals surface area contributed by atoms with E-state index in [0.29, 0.717) is 18.9 Å². The van der Waals surface area contributed by atoms with Crippen LogP contribution in [0.25, 0.3) is 0 Å². The second-order valence-electron chi connectivity index (χ2n) is 5.04. The third-order valence-corrected chi connectivity index (χ3v) is 2.79. The number of hydrogen-bond acceptors (Lipinski definition) is 4. The van der Waals surface area contributed by atoms with Crippen molar-refractivity contribution in [3.8, 4) is 0 Å². The van der Waals surface area contributed by atoms with Crippen LogP contribution in [0.1, 0.15) is 49.8 Å². The number of nitrogens with two attached hydrogens (primary N) is 1. The molecule has 0 saturated heterocycles. The van der Waals surface area contributed by atoms with Crippen LogP contribution in [0.3, 0.4) is 0 Å². The highest BCUT2D eigenvalue weighted by atomic mass is 16.3. The van der Waals surface area contributed by atoms with Crippen LogP contribution in [0, 0.1) is 5.92 Å². The molecule has 1 rings (SSSR count). The fourth-order valence-electron chi connectivity index (χ4n) is 1.69. The molecule has 0 spiro atoms. The van der Waals surface area contributed by atoms with E-state index in [1.54, 1.807) is 11.6 Å². The molecule has 1 heterocycles. The average Bonchev–Trinajstić information content (AvgIpc) is 2.66. The number of carbonyl (C=O) groups is 1. The molecule has 0 aliphatic carbocycles. The van der Waals surface area contributed by atoms with Gasteiger partial charge in [0.25, 0.3) is 5.91 Å². The largest absolute Gasteiger partial charge is 0.393 e. The summed E-state index contributed by atoms with van der Waals surface area (Å²) in [5, 5.41) is 17.1. The summed E-state index contributed by atoms with van der Waals surface area (Å²) in [6, 6.07) is 0.